The van der Waals surface area contributed by atoms with Gasteiger partial charge in [-0.05, 0) is 23.6 Å². The van der Waals surface area contributed by atoms with Gasteiger partial charge in [0.25, 0.3) is 0 Å². The molecule has 2 aromatic carbocycles. The molecule has 0 aliphatic carbocycles. The summed E-state index contributed by atoms with van der Waals surface area (Å²) in [6.07, 6.45) is 1.09. The minimum absolute atomic E-state index is 0.482. The molecule has 0 fully saturated rings. The number of rotatable bonds is 3. The maximum atomic E-state index is 14.9. The van der Waals surface area contributed by atoms with E-state index in [2.05, 4.69) is 29.2 Å². The normalized spacial score (nSPS) is 21.6. The number of hydrogen-bond donors (Lipinski definition) is 0. The van der Waals surface area contributed by atoms with E-state index in [1.807, 2.05) is 37.3 Å². The highest BCUT2D eigenvalue weighted by atomic mass is 19.1. The van der Waals surface area contributed by atoms with E-state index in [-0.39, 0.29) is 0 Å². The molecule has 0 radical (unpaired) electrons. The van der Waals surface area contributed by atoms with E-state index >= 15 is 0 Å². The van der Waals surface area contributed by atoms with Gasteiger partial charge in [-0.25, -0.2) is 4.39 Å². The van der Waals surface area contributed by atoms with Gasteiger partial charge >= 0.3 is 0 Å². The summed E-state index contributed by atoms with van der Waals surface area (Å²) in [6.45, 7) is 3.19. The molecule has 2 aromatic rings. The fourth-order valence-electron chi connectivity index (χ4n) is 2.97. The van der Waals surface area contributed by atoms with Crippen molar-refractivity contribution in [2.24, 2.45) is 0 Å². The minimum atomic E-state index is -1.11. The molecule has 1 unspecified atom stereocenters. The number of para-hydroxylation sites is 1. The van der Waals surface area contributed by atoms with Crippen LogP contribution in [0.5, 0.6) is 0 Å². The SMILES string of the molecule is CCC1(F)Cc2ccccc2N(Cc2ccccc2)C1. The Labute approximate surface area is 120 Å². The summed E-state index contributed by atoms with van der Waals surface area (Å²) in [6, 6.07) is 18.5. The van der Waals surface area contributed by atoms with E-state index in [0.29, 0.717) is 19.4 Å². The first-order chi connectivity index (χ1) is 9.70. The van der Waals surface area contributed by atoms with Gasteiger partial charge in [-0.15, -0.1) is 0 Å². The maximum absolute atomic E-state index is 14.9. The summed E-state index contributed by atoms with van der Waals surface area (Å²) < 4.78 is 14.9. The second kappa shape index (κ2) is 5.28. The fourth-order valence-corrected chi connectivity index (χ4v) is 2.97. The number of benzene rings is 2. The third-order valence-electron chi connectivity index (χ3n) is 4.16. The molecular formula is C18H20FN. The quantitative estimate of drug-likeness (QED) is 0.800. The zero-order valence-electron chi connectivity index (χ0n) is 11.8. The van der Waals surface area contributed by atoms with Crippen LogP contribution >= 0.6 is 0 Å². The lowest BCUT2D eigenvalue weighted by atomic mass is 9.87. The molecule has 1 nitrogen and oxygen atoms in total. The topological polar surface area (TPSA) is 3.24 Å². The molecule has 3 rings (SSSR count). The molecule has 0 aromatic heterocycles. The maximum Gasteiger partial charge on any atom is 0.132 e. The van der Waals surface area contributed by atoms with Crippen LogP contribution in [0.1, 0.15) is 24.5 Å². The van der Waals surface area contributed by atoms with E-state index in [1.54, 1.807) is 0 Å². The lowest BCUT2D eigenvalue weighted by Crippen LogP contribution is -2.45. The summed E-state index contributed by atoms with van der Waals surface area (Å²) in [4.78, 5) is 2.18. The van der Waals surface area contributed by atoms with Gasteiger partial charge in [0.2, 0.25) is 0 Å². The number of fused-ring (bicyclic) bond motifs is 1. The first-order valence-corrected chi connectivity index (χ1v) is 7.26. The molecule has 20 heavy (non-hydrogen) atoms. The number of halogens is 1. The average molecular weight is 269 g/mol. The van der Waals surface area contributed by atoms with Crippen molar-refractivity contribution in [3.8, 4) is 0 Å². The van der Waals surface area contributed by atoms with Crippen molar-refractivity contribution in [2.45, 2.75) is 32.0 Å². The van der Waals surface area contributed by atoms with E-state index in [1.165, 1.54) is 11.3 Å². The van der Waals surface area contributed by atoms with Gasteiger partial charge in [-0.1, -0.05) is 55.5 Å². The lowest BCUT2D eigenvalue weighted by Gasteiger charge is -2.39. The average Bonchev–Trinajstić information content (AvgIpc) is 2.48. The Bertz CT molecular complexity index is 581. The van der Waals surface area contributed by atoms with Gasteiger partial charge in [0.05, 0.1) is 6.54 Å². The first-order valence-electron chi connectivity index (χ1n) is 7.26. The molecule has 104 valence electrons. The van der Waals surface area contributed by atoms with Crippen LogP contribution in [-0.2, 0) is 13.0 Å². The van der Waals surface area contributed by atoms with Crippen molar-refractivity contribution < 1.29 is 4.39 Å². The standard InChI is InChI=1S/C18H20FN/c1-2-18(19)12-16-10-6-7-11-17(16)20(14-18)13-15-8-4-3-5-9-15/h3-11H,2,12-14H2,1H3. The molecule has 0 bridgehead atoms. The van der Waals surface area contributed by atoms with Gasteiger partial charge < -0.3 is 4.90 Å². The van der Waals surface area contributed by atoms with Crippen LogP contribution in [0, 0.1) is 0 Å². The summed E-state index contributed by atoms with van der Waals surface area (Å²) >= 11 is 0. The van der Waals surface area contributed by atoms with Crippen LogP contribution < -0.4 is 4.90 Å². The first kappa shape index (κ1) is 13.2. The summed E-state index contributed by atoms with van der Waals surface area (Å²) in [7, 11) is 0. The minimum Gasteiger partial charge on any atom is -0.364 e. The van der Waals surface area contributed by atoms with E-state index in [9.17, 15) is 4.39 Å². The Morgan fingerprint density at radius 1 is 1.05 bits per heavy atom. The molecule has 1 aliphatic rings. The molecule has 2 heteroatoms. The number of anilines is 1. The Hall–Kier alpha value is -1.83. The molecule has 1 heterocycles. The van der Waals surface area contributed by atoms with Gasteiger partial charge in [0.1, 0.15) is 5.67 Å². The largest absolute Gasteiger partial charge is 0.364 e. The molecule has 1 aliphatic heterocycles. The Morgan fingerprint density at radius 3 is 2.50 bits per heavy atom. The van der Waals surface area contributed by atoms with Gasteiger partial charge in [-0.2, -0.15) is 0 Å². The van der Waals surface area contributed by atoms with Crippen molar-refractivity contribution >= 4 is 5.69 Å². The number of nitrogens with zero attached hydrogens (tertiary/aromatic N) is 1. The molecular weight excluding hydrogens is 249 g/mol. The fraction of sp³-hybridized carbons (Fsp3) is 0.333. The van der Waals surface area contributed by atoms with E-state index in [4.69, 9.17) is 0 Å². The van der Waals surface area contributed by atoms with Crippen LogP contribution in [0.4, 0.5) is 10.1 Å². The Balaban J connectivity index is 1.93. The molecule has 1 atom stereocenters. The summed E-state index contributed by atoms with van der Waals surface area (Å²) in [5.74, 6) is 0. The van der Waals surface area contributed by atoms with Crippen LogP contribution in [0.2, 0.25) is 0 Å². The second-order valence-corrected chi connectivity index (χ2v) is 5.65. The van der Waals surface area contributed by atoms with Crippen molar-refractivity contribution in [1.29, 1.82) is 0 Å². The molecule has 0 N–H and O–H groups in total. The predicted octanol–water partition coefficient (Wildman–Crippen LogP) is 4.37. The number of hydrogen-bond acceptors (Lipinski definition) is 1. The smallest absolute Gasteiger partial charge is 0.132 e. The lowest BCUT2D eigenvalue weighted by molar-refractivity contribution is 0.156. The monoisotopic (exact) mass is 269 g/mol. The van der Waals surface area contributed by atoms with Crippen LogP contribution in [0.3, 0.4) is 0 Å². The van der Waals surface area contributed by atoms with Gasteiger partial charge in [-0.3, -0.25) is 0 Å². The Kier molecular flexibility index (Phi) is 3.47. The second-order valence-electron chi connectivity index (χ2n) is 5.65. The molecule has 0 saturated heterocycles. The summed E-state index contributed by atoms with van der Waals surface area (Å²) in [5.41, 5.74) is 2.42. The van der Waals surface area contributed by atoms with Gasteiger partial charge in [0, 0.05) is 18.7 Å². The summed E-state index contributed by atoms with van der Waals surface area (Å²) in [5, 5.41) is 0. The Morgan fingerprint density at radius 2 is 1.75 bits per heavy atom. The zero-order chi connectivity index (χ0) is 14.0. The third kappa shape index (κ3) is 2.55. The van der Waals surface area contributed by atoms with Gasteiger partial charge in [0.15, 0.2) is 0 Å². The molecule has 0 amide bonds. The van der Waals surface area contributed by atoms with Crippen molar-refractivity contribution in [1.82, 2.24) is 0 Å². The zero-order valence-corrected chi connectivity index (χ0v) is 11.8. The van der Waals surface area contributed by atoms with Crippen molar-refractivity contribution in [2.75, 3.05) is 11.4 Å². The molecule has 0 spiro atoms. The van der Waals surface area contributed by atoms with E-state index in [0.717, 1.165) is 12.1 Å². The van der Waals surface area contributed by atoms with Crippen LogP contribution in [0.15, 0.2) is 54.6 Å². The predicted molar refractivity (Wildman–Crippen MR) is 81.8 cm³/mol. The third-order valence-corrected chi connectivity index (χ3v) is 4.16. The highest BCUT2D eigenvalue weighted by molar-refractivity contribution is 5.57. The van der Waals surface area contributed by atoms with Crippen molar-refractivity contribution in [3.05, 3.63) is 65.7 Å². The van der Waals surface area contributed by atoms with Crippen molar-refractivity contribution in [3.63, 3.8) is 0 Å². The van der Waals surface area contributed by atoms with Crippen LogP contribution in [-0.4, -0.2) is 12.2 Å². The highest BCUT2D eigenvalue weighted by Gasteiger charge is 2.36. The van der Waals surface area contributed by atoms with E-state index < -0.39 is 5.67 Å². The number of alkyl halides is 1. The van der Waals surface area contributed by atoms with Crippen LogP contribution in [0.25, 0.3) is 0 Å². The molecule has 0 saturated carbocycles. The highest BCUT2D eigenvalue weighted by Crippen LogP contribution is 2.36.